The van der Waals surface area contributed by atoms with Crippen molar-refractivity contribution in [3.8, 4) is 0 Å². The van der Waals surface area contributed by atoms with E-state index in [1.54, 1.807) is 12.1 Å². The van der Waals surface area contributed by atoms with E-state index >= 15 is 0 Å². The topological polar surface area (TPSA) is 65.7 Å². The molecule has 2 aromatic rings. The van der Waals surface area contributed by atoms with Crippen LogP contribution in [-0.4, -0.2) is 24.6 Å². The number of ether oxygens (including phenoxy) is 2. The Bertz CT molecular complexity index is 580. The molecule has 0 saturated carbocycles. The molecule has 0 amide bonds. The van der Waals surface area contributed by atoms with E-state index in [1.807, 2.05) is 18.2 Å². The van der Waals surface area contributed by atoms with E-state index in [0.717, 1.165) is 5.39 Å². The fourth-order valence-electron chi connectivity index (χ4n) is 1.85. The molecule has 5 nitrogen and oxygen atoms in total. The minimum absolute atomic E-state index is 0.0934. The van der Waals surface area contributed by atoms with Crippen molar-refractivity contribution in [2.24, 2.45) is 0 Å². The minimum atomic E-state index is -0.814. The first-order valence-corrected chi connectivity index (χ1v) is 5.60. The Morgan fingerprint density at radius 2 is 2.17 bits per heavy atom. The summed E-state index contributed by atoms with van der Waals surface area (Å²) in [5.41, 5.74) is 0.610. The maximum Gasteiger partial charge on any atom is 0.375 e. The first kappa shape index (κ1) is 10.8. The van der Waals surface area contributed by atoms with Crippen LogP contribution < -0.4 is 0 Å². The number of hydrogen-bond donors (Lipinski definition) is 0. The predicted octanol–water partition coefficient (Wildman–Crippen LogP) is 1.91. The molecule has 2 heterocycles. The summed E-state index contributed by atoms with van der Waals surface area (Å²) in [6.45, 7) is 0.289. The second-order valence-electron chi connectivity index (χ2n) is 4.00. The van der Waals surface area contributed by atoms with Crippen molar-refractivity contribution < 1.29 is 23.5 Å². The van der Waals surface area contributed by atoms with E-state index in [1.165, 1.54) is 0 Å². The van der Waals surface area contributed by atoms with E-state index < -0.39 is 18.0 Å². The SMILES string of the molecule is O=C(O[C@@H]1CCOC1=O)c1cc2ccccc2o1. The molecule has 1 aromatic heterocycles. The summed E-state index contributed by atoms with van der Waals surface area (Å²) in [5.74, 6) is -1.05. The van der Waals surface area contributed by atoms with Gasteiger partial charge in [0.25, 0.3) is 0 Å². The maximum atomic E-state index is 11.8. The van der Waals surface area contributed by atoms with E-state index in [-0.39, 0.29) is 12.4 Å². The van der Waals surface area contributed by atoms with Gasteiger partial charge in [-0.25, -0.2) is 9.59 Å². The zero-order valence-electron chi connectivity index (χ0n) is 9.42. The number of furan rings is 1. The molecule has 0 unspecified atom stereocenters. The molecule has 3 rings (SSSR count). The lowest BCUT2D eigenvalue weighted by molar-refractivity contribution is -0.145. The molecule has 0 N–H and O–H groups in total. The van der Waals surface area contributed by atoms with Crippen LogP contribution in [0.5, 0.6) is 0 Å². The third-order valence-corrected chi connectivity index (χ3v) is 2.76. The normalized spacial score (nSPS) is 18.9. The zero-order chi connectivity index (χ0) is 12.5. The number of rotatable bonds is 2. The molecular formula is C13H10O5. The Balaban J connectivity index is 1.81. The number of benzene rings is 1. The third kappa shape index (κ3) is 1.84. The number of carbonyl (C=O) groups is 2. The number of para-hydroxylation sites is 1. The average Bonchev–Trinajstić information content (AvgIpc) is 2.96. The Hall–Kier alpha value is -2.30. The van der Waals surface area contributed by atoms with E-state index in [2.05, 4.69) is 0 Å². The quantitative estimate of drug-likeness (QED) is 0.757. The molecule has 1 aliphatic rings. The highest BCUT2D eigenvalue weighted by molar-refractivity contribution is 5.94. The Labute approximate surface area is 102 Å². The van der Waals surface area contributed by atoms with Crippen molar-refractivity contribution in [1.29, 1.82) is 0 Å². The van der Waals surface area contributed by atoms with Gasteiger partial charge in [-0.05, 0) is 12.1 Å². The van der Waals surface area contributed by atoms with Crippen molar-refractivity contribution in [3.63, 3.8) is 0 Å². The lowest BCUT2D eigenvalue weighted by atomic mass is 10.2. The van der Waals surface area contributed by atoms with Crippen LogP contribution in [0.4, 0.5) is 0 Å². The molecular weight excluding hydrogens is 236 g/mol. The van der Waals surface area contributed by atoms with Gasteiger partial charge < -0.3 is 13.9 Å². The molecule has 18 heavy (non-hydrogen) atoms. The fraction of sp³-hybridized carbons (Fsp3) is 0.231. The molecule has 0 spiro atoms. The molecule has 1 saturated heterocycles. The van der Waals surface area contributed by atoms with Crippen LogP contribution in [-0.2, 0) is 14.3 Å². The van der Waals surface area contributed by atoms with Gasteiger partial charge in [0.15, 0.2) is 0 Å². The van der Waals surface area contributed by atoms with Gasteiger partial charge in [-0.1, -0.05) is 18.2 Å². The first-order chi connectivity index (χ1) is 8.74. The summed E-state index contributed by atoms with van der Waals surface area (Å²) in [6.07, 6.45) is -0.421. The van der Waals surface area contributed by atoms with Crippen molar-refractivity contribution in [3.05, 3.63) is 36.1 Å². The highest BCUT2D eigenvalue weighted by atomic mass is 16.6. The van der Waals surface area contributed by atoms with Crippen molar-refractivity contribution in [1.82, 2.24) is 0 Å². The minimum Gasteiger partial charge on any atom is -0.463 e. The molecule has 0 bridgehead atoms. The van der Waals surface area contributed by atoms with E-state index in [9.17, 15) is 9.59 Å². The summed E-state index contributed by atoms with van der Waals surface area (Å²) in [6, 6.07) is 8.85. The lowest BCUT2D eigenvalue weighted by Crippen LogP contribution is -2.22. The molecule has 92 valence electrons. The van der Waals surface area contributed by atoms with Crippen LogP contribution in [0.2, 0.25) is 0 Å². The van der Waals surface area contributed by atoms with Crippen molar-refractivity contribution in [2.75, 3.05) is 6.61 Å². The number of carbonyl (C=O) groups excluding carboxylic acids is 2. The molecule has 1 aliphatic heterocycles. The van der Waals surface area contributed by atoms with Crippen molar-refractivity contribution in [2.45, 2.75) is 12.5 Å². The fourth-order valence-corrected chi connectivity index (χ4v) is 1.85. The summed E-state index contributed by atoms with van der Waals surface area (Å²) in [5, 5.41) is 0.818. The van der Waals surface area contributed by atoms with Gasteiger partial charge in [0.05, 0.1) is 6.61 Å². The second-order valence-corrected chi connectivity index (χ2v) is 4.00. The third-order valence-electron chi connectivity index (χ3n) is 2.76. The standard InChI is InChI=1S/C13H10O5/c14-12-10(5-6-16-12)18-13(15)11-7-8-3-1-2-4-9(8)17-11/h1-4,7,10H,5-6H2/t10-/m1/s1. The molecule has 1 fully saturated rings. The van der Waals surface area contributed by atoms with Gasteiger partial charge in [-0.2, -0.15) is 0 Å². The van der Waals surface area contributed by atoms with Gasteiger partial charge in [0.1, 0.15) is 5.58 Å². The summed E-state index contributed by atoms with van der Waals surface area (Å²) < 4.78 is 15.1. The highest BCUT2D eigenvalue weighted by Gasteiger charge is 2.31. The first-order valence-electron chi connectivity index (χ1n) is 5.60. The van der Waals surface area contributed by atoms with Gasteiger partial charge in [-0.3, -0.25) is 0 Å². The van der Waals surface area contributed by atoms with Crippen LogP contribution in [0.3, 0.4) is 0 Å². The number of fused-ring (bicyclic) bond motifs is 1. The molecule has 5 heteroatoms. The maximum absolute atomic E-state index is 11.8. The van der Waals surface area contributed by atoms with Gasteiger partial charge in [0.2, 0.25) is 11.9 Å². The summed E-state index contributed by atoms with van der Waals surface area (Å²) >= 11 is 0. The molecule has 1 atom stereocenters. The Kier molecular flexibility index (Phi) is 2.51. The van der Waals surface area contributed by atoms with E-state index in [4.69, 9.17) is 13.9 Å². The summed E-state index contributed by atoms with van der Waals surface area (Å²) in [4.78, 5) is 23.0. The number of cyclic esters (lactones) is 1. The smallest absolute Gasteiger partial charge is 0.375 e. The lowest BCUT2D eigenvalue weighted by Gasteiger charge is -2.05. The van der Waals surface area contributed by atoms with Crippen LogP contribution in [0.15, 0.2) is 34.7 Å². The van der Waals surface area contributed by atoms with Gasteiger partial charge in [0, 0.05) is 11.8 Å². The van der Waals surface area contributed by atoms with Crippen LogP contribution in [0.1, 0.15) is 17.0 Å². The number of esters is 2. The zero-order valence-corrected chi connectivity index (χ0v) is 9.42. The van der Waals surface area contributed by atoms with Gasteiger partial charge >= 0.3 is 11.9 Å². The van der Waals surface area contributed by atoms with Crippen LogP contribution in [0, 0.1) is 0 Å². The van der Waals surface area contributed by atoms with Crippen LogP contribution >= 0.6 is 0 Å². The molecule has 0 radical (unpaired) electrons. The number of hydrogen-bond acceptors (Lipinski definition) is 5. The monoisotopic (exact) mass is 246 g/mol. The highest BCUT2D eigenvalue weighted by Crippen LogP contribution is 2.21. The van der Waals surface area contributed by atoms with Crippen molar-refractivity contribution >= 4 is 22.9 Å². The summed E-state index contributed by atoms with van der Waals surface area (Å²) in [7, 11) is 0. The Morgan fingerprint density at radius 1 is 1.33 bits per heavy atom. The average molecular weight is 246 g/mol. The van der Waals surface area contributed by atoms with E-state index in [0.29, 0.717) is 12.0 Å². The Morgan fingerprint density at radius 3 is 2.89 bits per heavy atom. The predicted molar refractivity (Wildman–Crippen MR) is 61.0 cm³/mol. The van der Waals surface area contributed by atoms with Gasteiger partial charge in [-0.15, -0.1) is 0 Å². The molecule has 1 aromatic carbocycles. The largest absolute Gasteiger partial charge is 0.463 e. The second kappa shape index (κ2) is 4.18. The van der Waals surface area contributed by atoms with Crippen LogP contribution in [0.25, 0.3) is 11.0 Å². The molecule has 0 aliphatic carbocycles.